The minimum Gasteiger partial charge on any atom is -0.374 e. The zero-order chi connectivity index (χ0) is 26.7. The SMILES string of the molecule is CCCCCCCCCOC(CCCCCCC(C)OCc1ccccc1)OCCCCCCCCC. The summed E-state index contributed by atoms with van der Waals surface area (Å²) in [7, 11) is 0. The quantitative estimate of drug-likeness (QED) is 0.0815. The molecule has 1 unspecified atom stereocenters. The maximum absolute atomic E-state index is 6.21. The Labute approximate surface area is 231 Å². The Balaban J connectivity index is 2.13. The van der Waals surface area contributed by atoms with Crippen LogP contribution in [0.4, 0.5) is 0 Å². The van der Waals surface area contributed by atoms with E-state index in [1.165, 1.54) is 121 Å². The Morgan fingerprint density at radius 1 is 0.514 bits per heavy atom. The van der Waals surface area contributed by atoms with Gasteiger partial charge in [-0.1, -0.05) is 140 Å². The first-order chi connectivity index (χ1) is 18.3. The minimum atomic E-state index is -0.00619. The Morgan fingerprint density at radius 2 is 0.973 bits per heavy atom. The lowest BCUT2D eigenvalue weighted by molar-refractivity contribution is -0.148. The molecule has 3 nitrogen and oxygen atoms in total. The summed E-state index contributed by atoms with van der Waals surface area (Å²) < 4.78 is 18.4. The first-order valence-corrected chi connectivity index (χ1v) is 16.1. The Bertz CT molecular complexity index is 541. The van der Waals surface area contributed by atoms with Crippen molar-refractivity contribution in [1.29, 1.82) is 0 Å². The molecular formula is C34H62O3. The fourth-order valence-electron chi connectivity index (χ4n) is 4.76. The van der Waals surface area contributed by atoms with Gasteiger partial charge in [-0.3, -0.25) is 0 Å². The van der Waals surface area contributed by atoms with Crippen molar-refractivity contribution in [2.75, 3.05) is 13.2 Å². The zero-order valence-corrected chi connectivity index (χ0v) is 25.0. The van der Waals surface area contributed by atoms with Gasteiger partial charge in [-0.15, -0.1) is 0 Å². The molecule has 3 heteroatoms. The minimum absolute atomic E-state index is 0.00619. The molecule has 0 N–H and O–H groups in total. The fourth-order valence-corrected chi connectivity index (χ4v) is 4.76. The molecule has 1 rings (SSSR count). The van der Waals surface area contributed by atoms with Gasteiger partial charge in [0, 0.05) is 13.2 Å². The van der Waals surface area contributed by atoms with Crippen LogP contribution in [0.1, 0.15) is 155 Å². The van der Waals surface area contributed by atoms with Gasteiger partial charge in [-0.05, 0) is 44.6 Å². The number of benzene rings is 1. The van der Waals surface area contributed by atoms with Crippen LogP contribution in [0.25, 0.3) is 0 Å². The topological polar surface area (TPSA) is 27.7 Å². The van der Waals surface area contributed by atoms with Crippen molar-refractivity contribution in [3.05, 3.63) is 35.9 Å². The van der Waals surface area contributed by atoms with Crippen molar-refractivity contribution >= 4 is 0 Å². The summed E-state index contributed by atoms with van der Waals surface area (Å²) in [6, 6.07) is 10.5. The molecule has 0 heterocycles. The normalized spacial score (nSPS) is 12.4. The first kappa shape index (κ1) is 34.1. The lowest BCUT2D eigenvalue weighted by Gasteiger charge is -2.19. The fraction of sp³-hybridized carbons (Fsp3) is 0.824. The van der Waals surface area contributed by atoms with Gasteiger partial charge in [0.1, 0.15) is 0 Å². The predicted molar refractivity (Wildman–Crippen MR) is 160 cm³/mol. The Kier molecular flexibility index (Phi) is 24.6. The third-order valence-corrected chi connectivity index (χ3v) is 7.28. The van der Waals surface area contributed by atoms with E-state index in [1.54, 1.807) is 0 Å². The Morgan fingerprint density at radius 3 is 1.51 bits per heavy atom. The highest BCUT2D eigenvalue weighted by Gasteiger charge is 2.10. The molecule has 216 valence electrons. The largest absolute Gasteiger partial charge is 0.374 e. The summed E-state index contributed by atoms with van der Waals surface area (Å²) in [6.07, 6.45) is 26.0. The molecule has 1 aromatic carbocycles. The highest BCUT2D eigenvalue weighted by molar-refractivity contribution is 5.13. The van der Waals surface area contributed by atoms with E-state index in [0.29, 0.717) is 6.10 Å². The van der Waals surface area contributed by atoms with Crippen LogP contribution in [0.2, 0.25) is 0 Å². The van der Waals surface area contributed by atoms with E-state index in [2.05, 4.69) is 51.1 Å². The number of hydrogen-bond acceptors (Lipinski definition) is 3. The van der Waals surface area contributed by atoms with Gasteiger partial charge in [-0.25, -0.2) is 0 Å². The maximum atomic E-state index is 6.21. The Hall–Kier alpha value is -0.900. The van der Waals surface area contributed by atoms with E-state index in [0.717, 1.165) is 32.7 Å². The smallest absolute Gasteiger partial charge is 0.157 e. The summed E-state index contributed by atoms with van der Waals surface area (Å²) in [5, 5.41) is 0. The third-order valence-electron chi connectivity index (χ3n) is 7.28. The molecule has 0 aliphatic rings. The number of rotatable bonds is 28. The summed E-state index contributed by atoms with van der Waals surface area (Å²) in [4.78, 5) is 0. The van der Waals surface area contributed by atoms with E-state index in [9.17, 15) is 0 Å². The van der Waals surface area contributed by atoms with Crippen molar-refractivity contribution in [2.45, 2.75) is 168 Å². The van der Waals surface area contributed by atoms with Crippen LogP contribution in [0.5, 0.6) is 0 Å². The number of hydrogen-bond donors (Lipinski definition) is 0. The second-order valence-electron chi connectivity index (χ2n) is 11.0. The molecule has 1 aromatic rings. The summed E-state index contributed by atoms with van der Waals surface area (Å²) >= 11 is 0. The maximum Gasteiger partial charge on any atom is 0.157 e. The molecule has 0 saturated heterocycles. The standard InChI is InChI=1S/C34H62O3/c1-4-6-8-10-12-16-23-29-35-34(36-30-24-17-13-11-9-7-5-2)28-22-15-14-19-25-32(3)37-31-33-26-20-18-21-27-33/h18,20-21,26-27,32,34H,4-17,19,22-25,28-31H2,1-3H3. The monoisotopic (exact) mass is 518 g/mol. The molecule has 37 heavy (non-hydrogen) atoms. The highest BCUT2D eigenvalue weighted by Crippen LogP contribution is 2.16. The molecule has 0 aliphatic heterocycles. The van der Waals surface area contributed by atoms with Crippen molar-refractivity contribution in [3.63, 3.8) is 0 Å². The lowest BCUT2D eigenvalue weighted by atomic mass is 10.1. The van der Waals surface area contributed by atoms with Crippen LogP contribution in [0.3, 0.4) is 0 Å². The van der Waals surface area contributed by atoms with Gasteiger partial charge in [0.15, 0.2) is 6.29 Å². The van der Waals surface area contributed by atoms with Crippen LogP contribution >= 0.6 is 0 Å². The van der Waals surface area contributed by atoms with Crippen LogP contribution < -0.4 is 0 Å². The van der Waals surface area contributed by atoms with Crippen LogP contribution in [-0.4, -0.2) is 25.6 Å². The van der Waals surface area contributed by atoms with Crippen molar-refractivity contribution in [3.8, 4) is 0 Å². The van der Waals surface area contributed by atoms with Crippen LogP contribution in [0, 0.1) is 0 Å². The molecule has 0 aliphatic carbocycles. The predicted octanol–water partition coefficient (Wildman–Crippen LogP) is 10.8. The average Bonchev–Trinajstić information content (AvgIpc) is 2.92. The van der Waals surface area contributed by atoms with Gasteiger partial charge < -0.3 is 14.2 Å². The van der Waals surface area contributed by atoms with Crippen molar-refractivity contribution in [2.24, 2.45) is 0 Å². The number of unbranched alkanes of at least 4 members (excludes halogenated alkanes) is 15. The van der Waals surface area contributed by atoms with E-state index in [-0.39, 0.29) is 6.29 Å². The van der Waals surface area contributed by atoms with Gasteiger partial charge in [0.05, 0.1) is 12.7 Å². The van der Waals surface area contributed by atoms with Gasteiger partial charge in [0.25, 0.3) is 0 Å². The average molecular weight is 519 g/mol. The van der Waals surface area contributed by atoms with Gasteiger partial charge in [-0.2, -0.15) is 0 Å². The van der Waals surface area contributed by atoms with Crippen molar-refractivity contribution < 1.29 is 14.2 Å². The van der Waals surface area contributed by atoms with Crippen LogP contribution in [-0.2, 0) is 20.8 Å². The molecule has 0 bridgehead atoms. The summed E-state index contributed by atoms with van der Waals surface area (Å²) in [5.41, 5.74) is 1.26. The summed E-state index contributed by atoms with van der Waals surface area (Å²) in [5.74, 6) is 0. The first-order valence-electron chi connectivity index (χ1n) is 16.1. The van der Waals surface area contributed by atoms with E-state index >= 15 is 0 Å². The van der Waals surface area contributed by atoms with Gasteiger partial charge >= 0.3 is 0 Å². The molecular weight excluding hydrogens is 456 g/mol. The molecule has 0 radical (unpaired) electrons. The molecule has 1 atom stereocenters. The van der Waals surface area contributed by atoms with Crippen molar-refractivity contribution in [1.82, 2.24) is 0 Å². The molecule has 0 amide bonds. The third kappa shape index (κ3) is 22.8. The highest BCUT2D eigenvalue weighted by atomic mass is 16.7. The van der Waals surface area contributed by atoms with Crippen LogP contribution in [0.15, 0.2) is 30.3 Å². The van der Waals surface area contributed by atoms with E-state index in [1.807, 2.05) is 0 Å². The summed E-state index contributed by atoms with van der Waals surface area (Å²) in [6.45, 7) is 9.19. The molecule has 0 fully saturated rings. The molecule has 0 saturated carbocycles. The lowest BCUT2D eigenvalue weighted by Crippen LogP contribution is -2.19. The number of ether oxygens (including phenoxy) is 3. The van der Waals surface area contributed by atoms with E-state index in [4.69, 9.17) is 14.2 Å². The van der Waals surface area contributed by atoms with Gasteiger partial charge in [0.2, 0.25) is 0 Å². The second-order valence-corrected chi connectivity index (χ2v) is 11.0. The second kappa shape index (κ2) is 26.7. The molecule has 0 spiro atoms. The zero-order valence-electron chi connectivity index (χ0n) is 25.0. The van der Waals surface area contributed by atoms with E-state index < -0.39 is 0 Å². The molecule has 0 aromatic heterocycles.